The molecular weight excluding hydrogens is 182 g/mol. The van der Waals surface area contributed by atoms with Crippen LogP contribution in [0.15, 0.2) is 29.5 Å². The number of pyridine rings is 1. The summed E-state index contributed by atoms with van der Waals surface area (Å²) in [6, 6.07) is 3.29. The molecule has 1 heterocycles. The van der Waals surface area contributed by atoms with Crippen molar-refractivity contribution in [3.05, 3.63) is 29.9 Å². The average molecular weight is 193 g/mol. The molecule has 0 unspecified atom stereocenters. The quantitative estimate of drug-likeness (QED) is 0.682. The smallest absolute Gasteiger partial charge is 0.243 e. The Morgan fingerprint density at radius 1 is 1.43 bits per heavy atom. The molecule has 0 spiro atoms. The number of aromatic nitrogens is 1. The van der Waals surface area contributed by atoms with Crippen molar-refractivity contribution in [3.8, 4) is 0 Å². The number of primary amides is 1. The molecule has 0 radical (unpaired) electrons. The van der Waals surface area contributed by atoms with E-state index in [1.807, 2.05) is 0 Å². The van der Waals surface area contributed by atoms with Gasteiger partial charge in [0.05, 0.1) is 5.36 Å². The van der Waals surface area contributed by atoms with E-state index in [1.54, 1.807) is 29.1 Å². The van der Waals surface area contributed by atoms with Gasteiger partial charge in [0, 0.05) is 19.3 Å². The SMILES string of the molecule is CC(=O)N=c1ccn(CC(N)=O)cc1. The van der Waals surface area contributed by atoms with Gasteiger partial charge in [-0.3, -0.25) is 9.59 Å². The number of hydrogen-bond donors (Lipinski definition) is 1. The maximum Gasteiger partial charge on any atom is 0.243 e. The lowest BCUT2D eigenvalue weighted by atomic mass is 10.4. The zero-order chi connectivity index (χ0) is 10.6. The Labute approximate surface area is 80.9 Å². The third-order valence-electron chi connectivity index (χ3n) is 1.50. The van der Waals surface area contributed by atoms with Gasteiger partial charge in [0.2, 0.25) is 11.8 Å². The van der Waals surface area contributed by atoms with E-state index in [2.05, 4.69) is 4.99 Å². The Morgan fingerprint density at radius 3 is 2.43 bits per heavy atom. The second kappa shape index (κ2) is 4.36. The maximum absolute atomic E-state index is 10.6. The fourth-order valence-corrected chi connectivity index (χ4v) is 0.991. The molecule has 0 aromatic carbocycles. The van der Waals surface area contributed by atoms with Crippen LogP contribution in [0.25, 0.3) is 0 Å². The van der Waals surface area contributed by atoms with Crippen molar-refractivity contribution >= 4 is 11.8 Å². The molecule has 0 saturated carbocycles. The summed E-state index contributed by atoms with van der Waals surface area (Å²) in [5, 5.41) is 0.568. The van der Waals surface area contributed by atoms with E-state index < -0.39 is 5.91 Å². The second-order valence-corrected chi connectivity index (χ2v) is 2.83. The second-order valence-electron chi connectivity index (χ2n) is 2.83. The van der Waals surface area contributed by atoms with E-state index in [4.69, 9.17) is 5.73 Å². The number of nitrogens with zero attached hydrogens (tertiary/aromatic N) is 2. The summed E-state index contributed by atoms with van der Waals surface area (Å²) in [4.78, 5) is 24.9. The van der Waals surface area contributed by atoms with Gasteiger partial charge in [-0.25, -0.2) is 4.99 Å². The molecule has 0 atom stereocenters. The molecular formula is C9H11N3O2. The van der Waals surface area contributed by atoms with Gasteiger partial charge in [-0.2, -0.15) is 0 Å². The average Bonchev–Trinajstić information content (AvgIpc) is 2.06. The molecule has 0 fully saturated rings. The van der Waals surface area contributed by atoms with E-state index in [0.29, 0.717) is 5.36 Å². The minimum absolute atomic E-state index is 0.125. The summed E-state index contributed by atoms with van der Waals surface area (Å²) in [6.45, 7) is 1.50. The van der Waals surface area contributed by atoms with Crippen LogP contribution >= 0.6 is 0 Å². The van der Waals surface area contributed by atoms with E-state index >= 15 is 0 Å². The van der Waals surface area contributed by atoms with E-state index in [-0.39, 0.29) is 12.5 Å². The summed E-state index contributed by atoms with van der Waals surface area (Å²) in [7, 11) is 0. The molecule has 1 aromatic heterocycles. The van der Waals surface area contributed by atoms with Crippen molar-refractivity contribution in [3.63, 3.8) is 0 Å². The molecule has 1 aromatic rings. The fraction of sp³-hybridized carbons (Fsp3) is 0.222. The topological polar surface area (TPSA) is 77.4 Å². The highest BCUT2D eigenvalue weighted by molar-refractivity contribution is 5.74. The highest BCUT2D eigenvalue weighted by atomic mass is 16.1. The van der Waals surface area contributed by atoms with Crippen molar-refractivity contribution < 1.29 is 9.59 Å². The third-order valence-corrected chi connectivity index (χ3v) is 1.50. The first-order chi connectivity index (χ1) is 6.58. The Hall–Kier alpha value is -1.91. The van der Waals surface area contributed by atoms with Gasteiger partial charge in [0.15, 0.2) is 0 Å². The van der Waals surface area contributed by atoms with Crippen LogP contribution in [0.4, 0.5) is 0 Å². The van der Waals surface area contributed by atoms with Crippen LogP contribution in [0.5, 0.6) is 0 Å². The Morgan fingerprint density at radius 2 is 2.00 bits per heavy atom. The van der Waals surface area contributed by atoms with Gasteiger partial charge < -0.3 is 10.3 Å². The lowest BCUT2D eigenvalue weighted by Crippen LogP contribution is -2.19. The van der Waals surface area contributed by atoms with Crippen LogP contribution < -0.4 is 11.1 Å². The van der Waals surface area contributed by atoms with Crippen LogP contribution in [-0.4, -0.2) is 16.4 Å². The summed E-state index contributed by atoms with van der Waals surface area (Å²) < 4.78 is 1.61. The van der Waals surface area contributed by atoms with E-state index in [9.17, 15) is 9.59 Å². The normalized spacial score (nSPS) is 9.50. The van der Waals surface area contributed by atoms with Gasteiger partial charge in [0.25, 0.3) is 0 Å². The Balaban J connectivity index is 2.89. The van der Waals surface area contributed by atoms with Crippen molar-refractivity contribution in [1.82, 2.24) is 4.57 Å². The number of carbonyl (C=O) groups is 2. The van der Waals surface area contributed by atoms with Crippen molar-refractivity contribution in [2.45, 2.75) is 13.5 Å². The largest absolute Gasteiger partial charge is 0.368 e. The first kappa shape index (κ1) is 10.2. The standard InChI is InChI=1S/C9H11N3O2/c1-7(13)11-8-2-4-12(5-3-8)6-9(10)14/h2-5H,6H2,1H3,(H2,10,14). The highest BCUT2D eigenvalue weighted by Crippen LogP contribution is 1.83. The lowest BCUT2D eigenvalue weighted by Gasteiger charge is -2.00. The number of hydrogen-bond acceptors (Lipinski definition) is 2. The molecule has 0 bridgehead atoms. The predicted octanol–water partition coefficient (Wildman–Crippen LogP) is -0.579. The molecule has 1 rings (SSSR count). The molecule has 5 nitrogen and oxygen atoms in total. The predicted molar refractivity (Wildman–Crippen MR) is 49.9 cm³/mol. The van der Waals surface area contributed by atoms with Crippen molar-refractivity contribution in [2.24, 2.45) is 10.7 Å². The zero-order valence-electron chi connectivity index (χ0n) is 7.80. The zero-order valence-corrected chi connectivity index (χ0v) is 7.80. The molecule has 74 valence electrons. The van der Waals surface area contributed by atoms with Crippen LogP contribution in [0.1, 0.15) is 6.92 Å². The highest BCUT2D eigenvalue weighted by Gasteiger charge is 1.93. The first-order valence-corrected chi connectivity index (χ1v) is 4.07. The van der Waals surface area contributed by atoms with Gasteiger partial charge in [-0.15, -0.1) is 0 Å². The molecule has 5 heteroatoms. The van der Waals surface area contributed by atoms with E-state index in [0.717, 1.165) is 0 Å². The maximum atomic E-state index is 10.6. The molecule has 14 heavy (non-hydrogen) atoms. The Bertz CT molecular complexity index is 400. The number of carbonyl (C=O) groups excluding carboxylic acids is 2. The van der Waals surface area contributed by atoms with Gasteiger partial charge in [-0.05, 0) is 12.1 Å². The summed E-state index contributed by atoms with van der Waals surface area (Å²) in [5.74, 6) is -0.663. The summed E-state index contributed by atoms with van der Waals surface area (Å²) in [6.07, 6.45) is 3.29. The molecule has 2 N–H and O–H groups in total. The number of nitrogens with two attached hydrogens (primary N) is 1. The van der Waals surface area contributed by atoms with Crippen LogP contribution in [0, 0.1) is 0 Å². The lowest BCUT2D eigenvalue weighted by molar-refractivity contribution is -0.118. The first-order valence-electron chi connectivity index (χ1n) is 4.07. The third kappa shape index (κ3) is 3.22. The van der Waals surface area contributed by atoms with Gasteiger partial charge in [0.1, 0.15) is 6.54 Å². The summed E-state index contributed by atoms with van der Waals surface area (Å²) in [5.41, 5.74) is 5.01. The summed E-state index contributed by atoms with van der Waals surface area (Å²) >= 11 is 0. The van der Waals surface area contributed by atoms with E-state index in [1.165, 1.54) is 6.92 Å². The molecule has 0 aliphatic rings. The molecule has 0 aliphatic carbocycles. The van der Waals surface area contributed by atoms with Gasteiger partial charge >= 0.3 is 0 Å². The molecule has 2 amide bonds. The van der Waals surface area contributed by atoms with Crippen molar-refractivity contribution in [2.75, 3.05) is 0 Å². The molecule has 0 aliphatic heterocycles. The number of rotatable bonds is 2. The Kier molecular flexibility index (Phi) is 3.17. The van der Waals surface area contributed by atoms with Gasteiger partial charge in [-0.1, -0.05) is 0 Å². The van der Waals surface area contributed by atoms with Crippen LogP contribution in [0.3, 0.4) is 0 Å². The number of amides is 2. The molecule has 0 saturated heterocycles. The fourth-order valence-electron chi connectivity index (χ4n) is 0.991. The minimum atomic E-state index is -0.411. The van der Waals surface area contributed by atoms with Crippen LogP contribution in [-0.2, 0) is 16.1 Å². The monoisotopic (exact) mass is 193 g/mol. The minimum Gasteiger partial charge on any atom is -0.368 e. The van der Waals surface area contributed by atoms with Crippen molar-refractivity contribution in [1.29, 1.82) is 0 Å². The van der Waals surface area contributed by atoms with Crippen LogP contribution in [0.2, 0.25) is 0 Å².